The molecule has 2 N–H and O–H groups in total. The molecule has 6 nitrogen and oxygen atoms in total. The molecule has 1 unspecified atom stereocenters. The third-order valence-corrected chi connectivity index (χ3v) is 3.41. The van der Waals surface area contributed by atoms with E-state index in [0.29, 0.717) is 31.8 Å². The summed E-state index contributed by atoms with van der Waals surface area (Å²) in [4.78, 5) is 13.9. The molecular formula is C11H20N4O2. The summed E-state index contributed by atoms with van der Waals surface area (Å²) in [6.45, 7) is 2.71. The van der Waals surface area contributed by atoms with Gasteiger partial charge in [-0.05, 0) is 37.8 Å². The summed E-state index contributed by atoms with van der Waals surface area (Å²) in [6.07, 6.45) is 4.85. The van der Waals surface area contributed by atoms with Gasteiger partial charge in [-0.25, -0.2) is 0 Å². The van der Waals surface area contributed by atoms with Crippen molar-refractivity contribution >= 4 is 5.97 Å². The second kappa shape index (κ2) is 6.47. The quantitative estimate of drug-likeness (QED) is 0.295. The highest BCUT2D eigenvalue weighted by molar-refractivity contribution is 5.78. The lowest BCUT2D eigenvalue weighted by Gasteiger charge is -2.34. The maximum atomic E-state index is 11.3. The zero-order chi connectivity index (χ0) is 12.7. The van der Waals surface area contributed by atoms with E-state index >= 15 is 0 Å². The van der Waals surface area contributed by atoms with E-state index in [-0.39, 0.29) is 0 Å². The maximum Gasteiger partial charge on any atom is 0.323 e. The molecule has 1 rings (SSSR count). The molecule has 0 spiro atoms. The summed E-state index contributed by atoms with van der Waals surface area (Å²) in [5.74, 6) is -0.256. The predicted molar refractivity (Wildman–Crippen MR) is 64.6 cm³/mol. The van der Waals surface area contributed by atoms with Gasteiger partial charge < -0.3 is 10.4 Å². The van der Waals surface area contributed by atoms with Gasteiger partial charge in [0.2, 0.25) is 0 Å². The standard InChI is InChI=1S/C11H20N4O2/c1-11(10(16)17,8-9-4-2-5-9)13-6-3-7-14-15-12/h9,13H,2-8H2,1H3,(H,16,17). The van der Waals surface area contributed by atoms with Gasteiger partial charge in [0, 0.05) is 11.5 Å². The van der Waals surface area contributed by atoms with E-state index in [0.717, 1.165) is 12.8 Å². The molecule has 1 aliphatic rings. The number of hydrogen-bond donors (Lipinski definition) is 2. The van der Waals surface area contributed by atoms with Crippen molar-refractivity contribution in [3.05, 3.63) is 10.4 Å². The highest BCUT2D eigenvalue weighted by Gasteiger charge is 2.36. The Bertz CT molecular complexity index is 311. The van der Waals surface area contributed by atoms with E-state index in [4.69, 9.17) is 5.53 Å². The summed E-state index contributed by atoms with van der Waals surface area (Å²) in [5.41, 5.74) is 7.27. The second-order valence-electron chi connectivity index (χ2n) is 4.87. The van der Waals surface area contributed by atoms with Gasteiger partial charge in [-0.15, -0.1) is 0 Å². The number of aliphatic carboxylic acids is 1. The molecule has 0 saturated heterocycles. The third-order valence-electron chi connectivity index (χ3n) is 3.41. The van der Waals surface area contributed by atoms with E-state index in [9.17, 15) is 9.90 Å². The molecule has 0 aromatic heterocycles. The van der Waals surface area contributed by atoms with Crippen LogP contribution < -0.4 is 5.32 Å². The molecule has 96 valence electrons. The first kappa shape index (κ1) is 13.8. The maximum absolute atomic E-state index is 11.3. The van der Waals surface area contributed by atoms with E-state index in [2.05, 4.69) is 15.3 Å². The molecule has 0 aliphatic heterocycles. The van der Waals surface area contributed by atoms with Gasteiger partial charge in [0.05, 0.1) is 0 Å². The third kappa shape index (κ3) is 4.24. The van der Waals surface area contributed by atoms with Crippen LogP contribution in [0, 0.1) is 5.92 Å². The van der Waals surface area contributed by atoms with Crippen LogP contribution in [0.5, 0.6) is 0 Å². The van der Waals surface area contributed by atoms with Gasteiger partial charge in [0.1, 0.15) is 5.54 Å². The molecule has 0 aromatic carbocycles. The van der Waals surface area contributed by atoms with E-state index < -0.39 is 11.5 Å². The van der Waals surface area contributed by atoms with Crippen LogP contribution in [0.25, 0.3) is 10.4 Å². The van der Waals surface area contributed by atoms with Crippen LogP contribution in [0.15, 0.2) is 5.11 Å². The van der Waals surface area contributed by atoms with Crippen molar-refractivity contribution in [3.63, 3.8) is 0 Å². The van der Waals surface area contributed by atoms with Crippen molar-refractivity contribution in [1.29, 1.82) is 0 Å². The number of nitrogens with zero attached hydrogens (tertiary/aromatic N) is 3. The van der Waals surface area contributed by atoms with Gasteiger partial charge >= 0.3 is 5.97 Å². The molecule has 0 heterocycles. The van der Waals surface area contributed by atoms with Crippen molar-refractivity contribution in [1.82, 2.24) is 5.32 Å². The zero-order valence-electron chi connectivity index (χ0n) is 10.2. The summed E-state index contributed by atoms with van der Waals surface area (Å²) in [6, 6.07) is 0. The van der Waals surface area contributed by atoms with Crippen LogP contribution in [-0.2, 0) is 4.79 Å². The molecule has 1 atom stereocenters. The Kier molecular flexibility index (Phi) is 5.25. The Hall–Kier alpha value is -1.26. The fourth-order valence-electron chi connectivity index (χ4n) is 2.07. The Morgan fingerprint density at radius 3 is 2.82 bits per heavy atom. The molecule has 0 aromatic rings. The molecule has 0 bridgehead atoms. The number of hydrogen-bond acceptors (Lipinski definition) is 3. The fourth-order valence-corrected chi connectivity index (χ4v) is 2.07. The first-order valence-corrected chi connectivity index (χ1v) is 6.08. The molecule has 1 fully saturated rings. The molecule has 1 saturated carbocycles. The average molecular weight is 240 g/mol. The van der Waals surface area contributed by atoms with Gasteiger partial charge in [-0.1, -0.05) is 24.4 Å². The van der Waals surface area contributed by atoms with Crippen molar-refractivity contribution in [2.24, 2.45) is 11.0 Å². The highest BCUT2D eigenvalue weighted by atomic mass is 16.4. The smallest absolute Gasteiger partial charge is 0.323 e. The summed E-state index contributed by atoms with van der Waals surface area (Å²) < 4.78 is 0. The van der Waals surface area contributed by atoms with Crippen LogP contribution in [-0.4, -0.2) is 29.7 Å². The van der Waals surface area contributed by atoms with E-state index in [1.165, 1.54) is 6.42 Å². The molecule has 0 radical (unpaired) electrons. The lowest BCUT2D eigenvalue weighted by atomic mass is 9.76. The lowest BCUT2D eigenvalue weighted by Crippen LogP contribution is -2.51. The van der Waals surface area contributed by atoms with Crippen LogP contribution >= 0.6 is 0 Å². The van der Waals surface area contributed by atoms with Crippen LogP contribution in [0.3, 0.4) is 0 Å². The minimum Gasteiger partial charge on any atom is -0.480 e. The van der Waals surface area contributed by atoms with Gasteiger partial charge in [0.25, 0.3) is 0 Å². The number of carboxylic acid groups (broad SMARTS) is 1. The fraction of sp³-hybridized carbons (Fsp3) is 0.909. The molecule has 17 heavy (non-hydrogen) atoms. The number of carbonyl (C=O) groups is 1. The van der Waals surface area contributed by atoms with Gasteiger partial charge in [-0.2, -0.15) is 0 Å². The predicted octanol–water partition coefficient (Wildman–Crippen LogP) is 2.31. The largest absolute Gasteiger partial charge is 0.480 e. The Labute approximate surface area is 101 Å². The first-order valence-electron chi connectivity index (χ1n) is 6.08. The van der Waals surface area contributed by atoms with Gasteiger partial charge in [0.15, 0.2) is 0 Å². The number of nitrogens with one attached hydrogen (secondary N) is 1. The SMILES string of the molecule is CC(CC1CCC1)(NCCCN=[N+]=[N-])C(=O)O. The van der Waals surface area contributed by atoms with Crippen LogP contribution in [0.2, 0.25) is 0 Å². The monoisotopic (exact) mass is 240 g/mol. The lowest BCUT2D eigenvalue weighted by molar-refractivity contribution is -0.145. The second-order valence-corrected chi connectivity index (χ2v) is 4.87. The number of azide groups is 1. The Balaban J connectivity index is 2.35. The number of carboxylic acids is 1. The molecular weight excluding hydrogens is 220 g/mol. The topological polar surface area (TPSA) is 98.1 Å². The molecule has 0 amide bonds. The van der Waals surface area contributed by atoms with Crippen molar-refractivity contribution < 1.29 is 9.90 Å². The highest BCUT2D eigenvalue weighted by Crippen LogP contribution is 2.33. The minimum atomic E-state index is -0.846. The molecule has 6 heteroatoms. The van der Waals surface area contributed by atoms with Crippen molar-refractivity contribution in [2.75, 3.05) is 13.1 Å². The van der Waals surface area contributed by atoms with Gasteiger partial charge in [-0.3, -0.25) is 4.79 Å². The van der Waals surface area contributed by atoms with Crippen LogP contribution in [0.1, 0.15) is 39.0 Å². The Morgan fingerprint density at radius 2 is 2.35 bits per heavy atom. The normalized spacial score (nSPS) is 18.9. The minimum absolute atomic E-state index is 0.405. The molecule has 1 aliphatic carbocycles. The van der Waals surface area contributed by atoms with E-state index in [1.54, 1.807) is 6.92 Å². The zero-order valence-corrected chi connectivity index (χ0v) is 10.2. The van der Waals surface area contributed by atoms with Crippen molar-refractivity contribution in [3.8, 4) is 0 Å². The van der Waals surface area contributed by atoms with Crippen LogP contribution in [0.4, 0.5) is 0 Å². The summed E-state index contributed by atoms with van der Waals surface area (Å²) in [7, 11) is 0. The number of rotatable bonds is 8. The summed E-state index contributed by atoms with van der Waals surface area (Å²) >= 11 is 0. The Morgan fingerprint density at radius 1 is 1.65 bits per heavy atom. The summed E-state index contributed by atoms with van der Waals surface area (Å²) in [5, 5.41) is 15.7. The first-order chi connectivity index (χ1) is 8.08. The van der Waals surface area contributed by atoms with Crippen molar-refractivity contribution in [2.45, 2.75) is 44.6 Å². The van der Waals surface area contributed by atoms with E-state index in [1.807, 2.05) is 0 Å². The average Bonchev–Trinajstić information content (AvgIpc) is 2.23.